The van der Waals surface area contributed by atoms with Crippen molar-refractivity contribution in [3.63, 3.8) is 0 Å². The lowest BCUT2D eigenvalue weighted by atomic mass is 10.1. The molecule has 0 bridgehead atoms. The molecular weight excluding hydrogens is 376 g/mol. The van der Waals surface area contributed by atoms with Gasteiger partial charge in [-0.15, -0.1) is 10.2 Å². The van der Waals surface area contributed by atoms with Crippen molar-refractivity contribution in [3.8, 4) is 11.4 Å². The van der Waals surface area contributed by atoms with E-state index >= 15 is 0 Å². The van der Waals surface area contributed by atoms with Crippen LogP contribution in [0.25, 0.3) is 11.4 Å². The van der Waals surface area contributed by atoms with Gasteiger partial charge < -0.3 is 19.8 Å². The third-order valence-corrected chi connectivity index (χ3v) is 4.99. The zero-order chi connectivity index (χ0) is 20.1. The number of anilines is 1. The molecule has 0 saturated carbocycles. The average molecular weight is 395 g/mol. The number of aromatic carboxylic acids is 1. The summed E-state index contributed by atoms with van der Waals surface area (Å²) >= 11 is 1.28. The van der Waals surface area contributed by atoms with Crippen LogP contribution in [0.15, 0.2) is 53.7 Å². The van der Waals surface area contributed by atoms with Crippen LogP contribution < -0.4 is 10.4 Å². The highest BCUT2D eigenvalue weighted by molar-refractivity contribution is 7.99. The van der Waals surface area contributed by atoms with E-state index in [-0.39, 0.29) is 17.2 Å². The minimum absolute atomic E-state index is 0.0129. The van der Waals surface area contributed by atoms with Gasteiger partial charge in [-0.25, -0.2) is 0 Å². The lowest BCUT2D eigenvalue weighted by molar-refractivity contribution is -0.255. The molecule has 0 atom stereocenters. The third kappa shape index (κ3) is 4.58. The number of rotatable bonds is 7. The number of hydrogen-bond acceptors (Lipinski definition) is 6. The maximum Gasteiger partial charge on any atom is 0.234 e. The zero-order valence-corrected chi connectivity index (χ0v) is 16.3. The third-order valence-electron chi connectivity index (χ3n) is 4.02. The molecule has 1 heterocycles. The number of carboxylic acid groups (broad SMARTS) is 1. The van der Waals surface area contributed by atoms with Gasteiger partial charge >= 0.3 is 0 Å². The van der Waals surface area contributed by atoms with E-state index in [9.17, 15) is 14.7 Å². The normalized spacial score (nSPS) is 10.6. The van der Waals surface area contributed by atoms with Gasteiger partial charge in [-0.3, -0.25) is 4.79 Å². The number of hydrogen-bond donors (Lipinski definition) is 1. The molecule has 0 aliphatic rings. The van der Waals surface area contributed by atoms with Crippen LogP contribution in [-0.2, 0) is 11.3 Å². The van der Waals surface area contributed by atoms with Gasteiger partial charge in [0.15, 0.2) is 11.0 Å². The number of carbonyl (C=O) groups excluding carboxylic acids is 2. The molecule has 28 heavy (non-hydrogen) atoms. The first kappa shape index (κ1) is 19.6. The fourth-order valence-electron chi connectivity index (χ4n) is 2.73. The molecule has 1 N–H and O–H groups in total. The van der Waals surface area contributed by atoms with Crippen LogP contribution in [0.1, 0.15) is 22.8 Å². The summed E-state index contributed by atoms with van der Waals surface area (Å²) in [5.41, 5.74) is 2.53. The Labute approximate surface area is 166 Å². The van der Waals surface area contributed by atoms with E-state index in [1.54, 1.807) is 12.1 Å². The average Bonchev–Trinajstić information content (AvgIpc) is 3.09. The quantitative estimate of drug-likeness (QED) is 0.617. The second-order valence-corrected chi connectivity index (χ2v) is 7.07. The number of carboxylic acids is 1. The van der Waals surface area contributed by atoms with Gasteiger partial charge in [0.2, 0.25) is 5.91 Å². The van der Waals surface area contributed by atoms with Gasteiger partial charge in [-0.1, -0.05) is 47.7 Å². The summed E-state index contributed by atoms with van der Waals surface area (Å²) in [5, 5.41) is 22.7. The van der Waals surface area contributed by atoms with Crippen molar-refractivity contribution in [1.82, 2.24) is 14.8 Å². The number of aryl methyl sites for hydroxylation is 1. The van der Waals surface area contributed by atoms with Crippen LogP contribution in [0.4, 0.5) is 5.69 Å². The first-order chi connectivity index (χ1) is 13.5. The maximum absolute atomic E-state index is 12.2. The number of carbonyl (C=O) groups is 2. The second kappa shape index (κ2) is 8.71. The van der Waals surface area contributed by atoms with E-state index in [0.29, 0.717) is 17.4 Å². The van der Waals surface area contributed by atoms with Gasteiger partial charge in [0.25, 0.3) is 0 Å². The Morgan fingerprint density at radius 1 is 1.14 bits per heavy atom. The van der Waals surface area contributed by atoms with Crippen molar-refractivity contribution < 1.29 is 14.7 Å². The molecule has 0 spiro atoms. The fourth-order valence-corrected chi connectivity index (χ4v) is 3.53. The number of nitrogens with zero attached hydrogens (tertiary/aromatic N) is 3. The molecule has 144 valence electrons. The Hall–Kier alpha value is -3.13. The molecule has 0 radical (unpaired) electrons. The van der Waals surface area contributed by atoms with Crippen molar-refractivity contribution >= 4 is 29.3 Å². The highest BCUT2D eigenvalue weighted by Crippen LogP contribution is 2.24. The first-order valence-corrected chi connectivity index (χ1v) is 9.70. The molecule has 0 aliphatic heterocycles. The smallest absolute Gasteiger partial charge is 0.234 e. The van der Waals surface area contributed by atoms with Crippen LogP contribution >= 0.6 is 11.8 Å². The lowest BCUT2D eigenvalue weighted by Crippen LogP contribution is -2.22. The van der Waals surface area contributed by atoms with Crippen molar-refractivity contribution in [2.45, 2.75) is 25.5 Å². The molecule has 8 heteroatoms. The van der Waals surface area contributed by atoms with E-state index in [4.69, 9.17) is 0 Å². The highest BCUT2D eigenvalue weighted by Gasteiger charge is 2.15. The summed E-state index contributed by atoms with van der Waals surface area (Å²) in [7, 11) is 0. The largest absolute Gasteiger partial charge is 0.545 e. The Morgan fingerprint density at radius 2 is 1.93 bits per heavy atom. The van der Waals surface area contributed by atoms with Gasteiger partial charge in [0.1, 0.15) is 0 Å². The first-order valence-electron chi connectivity index (χ1n) is 8.72. The molecule has 0 aliphatic carbocycles. The molecule has 3 aromatic rings. The van der Waals surface area contributed by atoms with Crippen LogP contribution in [0.2, 0.25) is 0 Å². The van der Waals surface area contributed by atoms with E-state index in [1.165, 1.54) is 23.9 Å². The van der Waals surface area contributed by atoms with Gasteiger partial charge in [-0.05, 0) is 37.6 Å². The molecule has 2 aromatic carbocycles. The minimum Gasteiger partial charge on any atom is -0.545 e. The molecule has 0 unspecified atom stereocenters. The highest BCUT2D eigenvalue weighted by atomic mass is 32.2. The molecule has 0 saturated heterocycles. The van der Waals surface area contributed by atoms with Crippen LogP contribution in [0, 0.1) is 6.92 Å². The van der Waals surface area contributed by atoms with Gasteiger partial charge in [-0.2, -0.15) is 0 Å². The van der Waals surface area contributed by atoms with E-state index in [2.05, 4.69) is 15.5 Å². The summed E-state index contributed by atoms with van der Waals surface area (Å²) in [6, 6.07) is 14.0. The van der Waals surface area contributed by atoms with E-state index in [0.717, 1.165) is 17.0 Å². The summed E-state index contributed by atoms with van der Waals surface area (Å²) < 4.78 is 1.96. The van der Waals surface area contributed by atoms with E-state index < -0.39 is 5.97 Å². The molecule has 0 fully saturated rings. The maximum atomic E-state index is 12.2. The van der Waals surface area contributed by atoms with Crippen molar-refractivity contribution in [3.05, 3.63) is 59.7 Å². The predicted molar refractivity (Wildman–Crippen MR) is 106 cm³/mol. The topological polar surface area (TPSA) is 99.9 Å². The number of aromatic nitrogens is 3. The number of benzene rings is 2. The van der Waals surface area contributed by atoms with Crippen molar-refractivity contribution in [2.24, 2.45) is 0 Å². The van der Waals surface area contributed by atoms with Crippen LogP contribution in [0.3, 0.4) is 0 Å². The Balaban J connectivity index is 1.68. The summed E-state index contributed by atoms with van der Waals surface area (Å²) in [6.45, 7) is 4.69. The summed E-state index contributed by atoms with van der Waals surface area (Å²) in [4.78, 5) is 23.2. The Morgan fingerprint density at radius 3 is 2.64 bits per heavy atom. The summed E-state index contributed by atoms with van der Waals surface area (Å²) in [5.74, 6) is -0.661. The Kier molecular flexibility index (Phi) is 6.10. The van der Waals surface area contributed by atoms with Crippen LogP contribution in [0.5, 0.6) is 0 Å². The Bertz CT molecular complexity index is 1020. The number of amides is 1. The minimum atomic E-state index is -1.29. The number of thioether (sulfide) groups is 1. The monoisotopic (exact) mass is 395 g/mol. The van der Waals surface area contributed by atoms with Crippen LogP contribution in [-0.4, -0.2) is 32.4 Å². The predicted octanol–water partition coefficient (Wildman–Crippen LogP) is 2.37. The molecule has 1 aromatic heterocycles. The second-order valence-electron chi connectivity index (χ2n) is 6.13. The number of nitrogens with one attached hydrogen (secondary N) is 1. The zero-order valence-electron chi connectivity index (χ0n) is 15.5. The lowest BCUT2D eigenvalue weighted by Gasteiger charge is -2.09. The molecule has 3 rings (SSSR count). The van der Waals surface area contributed by atoms with Gasteiger partial charge in [0, 0.05) is 17.8 Å². The standard InChI is InChI=1S/C20H20N4O3S/c1-3-24-18(14-7-4-6-13(2)10-14)22-23-20(24)28-12-17(25)21-16-9-5-8-15(11-16)19(26)27/h4-11H,3,12H2,1-2H3,(H,21,25)(H,26,27)/p-1. The van der Waals surface area contributed by atoms with Gasteiger partial charge in [0.05, 0.1) is 11.7 Å². The molecule has 7 nitrogen and oxygen atoms in total. The van der Waals surface area contributed by atoms with Crippen molar-refractivity contribution in [2.75, 3.05) is 11.1 Å². The molecule has 1 amide bonds. The van der Waals surface area contributed by atoms with Crippen molar-refractivity contribution in [1.29, 1.82) is 0 Å². The summed E-state index contributed by atoms with van der Waals surface area (Å²) in [6.07, 6.45) is 0. The SMILES string of the molecule is CCn1c(SCC(=O)Nc2cccc(C(=O)[O-])c2)nnc1-c1cccc(C)c1. The van der Waals surface area contributed by atoms with E-state index in [1.807, 2.05) is 42.7 Å². The molecular formula is C20H19N4O3S-. The fraction of sp³-hybridized carbons (Fsp3) is 0.200.